The first-order valence-electron chi connectivity index (χ1n) is 14.1. The molecule has 0 fully saturated rings. The van der Waals surface area contributed by atoms with Gasteiger partial charge in [0.2, 0.25) is 5.91 Å². The van der Waals surface area contributed by atoms with E-state index in [0.717, 1.165) is 18.4 Å². The number of aromatic hydroxyl groups is 1. The Morgan fingerprint density at radius 1 is 0.946 bits per heavy atom. The predicted molar refractivity (Wildman–Crippen MR) is 153 cm³/mol. The van der Waals surface area contributed by atoms with Gasteiger partial charge >= 0.3 is 5.97 Å². The van der Waals surface area contributed by atoms with E-state index in [1.165, 1.54) is 102 Å². The second-order valence-corrected chi connectivity index (χ2v) is 10.7. The maximum atomic E-state index is 12.2. The number of ether oxygens (including phenoxy) is 2. The van der Waals surface area contributed by atoms with Crippen LogP contribution in [-0.4, -0.2) is 48.2 Å². The van der Waals surface area contributed by atoms with Gasteiger partial charge in [0.05, 0.1) is 25.5 Å². The molecule has 0 aliphatic heterocycles. The molecule has 0 aromatic heterocycles. The Morgan fingerprint density at radius 2 is 1.51 bits per heavy atom. The molecule has 212 valence electrons. The predicted octanol–water partition coefficient (Wildman–Crippen LogP) is 6.10. The number of phenols is 1. The molecule has 0 radical (unpaired) electrons. The third-order valence-corrected chi connectivity index (χ3v) is 7.36. The van der Waals surface area contributed by atoms with Crippen molar-refractivity contribution < 1.29 is 24.2 Å². The van der Waals surface area contributed by atoms with Crippen LogP contribution in [0.1, 0.15) is 102 Å². The van der Waals surface area contributed by atoms with Crippen LogP contribution in [-0.2, 0) is 20.9 Å². The fraction of sp³-hybridized carbons (Fsp3) is 0.724. The van der Waals surface area contributed by atoms with Crippen LogP contribution >= 0.6 is 11.8 Å². The molecular weight excluding hydrogens is 488 g/mol. The molecule has 0 unspecified atom stereocenters. The van der Waals surface area contributed by atoms with E-state index in [0.29, 0.717) is 18.1 Å². The number of nitrogens with one attached hydrogen (secondary N) is 1. The van der Waals surface area contributed by atoms with Crippen molar-refractivity contribution in [3.63, 3.8) is 0 Å². The summed E-state index contributed by atoms with van der Waals surface area (Å²) >= 11 is 1.30. The van der Waals surface area contributed by atoms with E-state index in [1.807, 2.05) is 0 Å². The molecule has 1 aromatic rings. The molecule has 0 heterocycles. The van der Waals surface area contributed by atoms with Gasteiger partial charge in [-0.15, -0.1) is 11.8 Å². The Bertz CT molecular complexity index is 747. The second-order valence-electron chi connectivity index (χ2n) is 9.66. The Hall–Kier alpha value is -1.93. The average molecular weight is 539 g/mol. The van der Waals surface area contributed by atoms with Gasteiger partial charge in [-0.05, 0) is 24.1 Å². The van der Waals surface area contributed by atoms with Crippen molar-refractivity contribution in [2.24, 2.45) is 5.73 Å². The van der Waals surface area contributed by atoms with Crippen molar-refractivity contribution in [1.82, 2.24) is 5.32 Å². The number of nitrogens with two attached hydrogens (primary N) is 1. The molecular formula is C29H50N2O5S. The Morgan fingerprint density at radius 3 is 2.08 bits per heavy atom. The maximum Gasteiger partial charge on any atom is 0.315 e. The normalized spacial score (nSPS) is 11.8. The number of hydrogen-bond donors (Lipinski definition) is 3. The standard InChI is InChI=1S/C29H50N2O5S/c1-3-4-5-6-7-8-9-10-11-12-13-14-15-16-19-36-28(33)23-37-22-25(30)29(34)31-21-24-17-18-26(32)27(20-24)35-2/h17-18,20,25,32H,3-16,19,21-23,30H2,1-2H3,(H,31,34)/t25-/m0/s1. The molecule has 0 aliphatic carbocycles. The van der Waals surface area contributed by atoms with Gasteiger partial charge in [0.15, 0.2) is 11.5 Å². The summed E-state index contributed by atoms with van der Waals surface area (Å²) in [5.74, 6) is 0.355. The van der Waals surface area contributed by atoms with Gasteiger partial charge in [0.25, 0.3) is 0 Å². The van der Waals surface area contributed by atoms with Crippen LogP contribution in [0.2, 0.25) is 0 Å². The SMILES string of the molecule is CCCCCCCCCCCCCCCCOC(=O)CSC[C@H](N)C(=O)NCc1ccc(O)c(OC)c1. The zero-order chi connectivity index (χ0) is 27.1. The monoisotopic (exact) mass is 538 g/mol. The summed E-state index contributed by atoms with van der Waals surface area (Å²) in [4.78, 5) is 24.1. The van der Waals surface area contributed by atoms with E-state index < -0.39 is 6.04 Å². The molecule has 8 heteroatoms. The van der Waals surface area contributed by atoms with Gasteiger partial charge in [-0.1, -0.05) is 96.5 Å². The van der Waals surface area contributed by atoms with Crippen LogP contribution in [0.25, 0.3) is 0 Å². The number of rotatable bonds is 23. The number of methoxy groups -OCH3 is 1. The first kappa shape index (κ1) is 33.1. The third kappa shape index (κ3) is 17.3. The van der Waals surface area contributed by atoms with Gasteiger partial charge in [0, 0.05) is 12.3 Å². The lowest BCUT2D eigenvalue weighted by Gasteiger charge is -2.13. The minimum absolute atomic E-state index is 0.0434. The summed E-state index contributed by atoms with van der Waals surface area (Å²) in [5.41, 5.74) is 6.72. The van der Waals surface area contributed by atoms with Gasteiger partial charge in [-0.2, -0.15) is 0 Å². The topological polar surface area (TPSA) is 111 Å². The van der Waals surface area contributed by atoms with Crippen LogP contribution in [0.5, 0.6) is 11.5 Å². The highest BCUT2D eigenvalue weighted by Crippen LogP contribution is 2.26. The molecule has 37 heavy (non-hydrogen) atoms. The molecule has 0 spiro atoms. The molecule has 0 saturated carbocycles. The number of benzene rings is 1. The highest BCUT2D eigenvalue weighted by atomic mass is 32.2. The lowest BCUT2D eigenvalue weighted by Crippen LogP contribution is -2.42. The van der Waals surface area contributed by atoms with Gasteiger partial charge in [-0.25, -0.2) is 0 Å². The van der Waals surface area contributed by atoms with E-state index in [9.17, 15) is 14.7 Å². The van der Waals surface area contributed by atoms with Gasteiger partial charge in [-0.3, -0.25) is 9.59 Å². The van der Waals surface area contributed by atoms with Gasteiger partial charge < -0.3 is 25.6 Å². The first-order valence-corrected chi connectivity index (χ1v) is 15.3. The quantitative estimate of drug-likeness (QED) is 0.114. The number of esters is 1. The van der Waals surface area contributed by atoms with Crippen molar-refractivity contribution in [1.29, 1.82) is 0 Å². The van der Waals surface area contributed by atoms with Crippen molar-refractivity contribution >= 4 is 23.6 Å². The van der Waals surface area contributed by atoms with E-state index in [1.54, 1.807) is 12.1 Å². The maximum absolute atomic E-state index is 12.2. The summed E-state index contributed by atoms with van der Waals surface area (Å²) in [6.45, 7) is 2.99. The van der Waals surface area contributed by atoms with Crippen molar-refractivity contribution in [3.8, 4) is 11.5 Å². The summed E-state index contributed by atoms with van der Waals surface area (Å²) in [5, 5.41) is 12.4. The molecule has 7 nitrogen and oxygen atoms in total. The molecule has 1 aromatic carbocycles. The molecule has 0 aliphatic rings. The van der Waals surface area contributed by atoms with Crippen molar-refractivity contribution in [2.45, 2.75) is 109 Å². The summed E-state index contributed by atoms with van der Waals surface area (Å²) in [7, 11) is 1.47. The molecule has 0 bridgehead atoms. The Kier molecular flexibility index (Phi) is 19.8. The fourth-order valence-electron chi connectivity index (χ4n) is 4.02. The molecule has 4 N–H and O–H groups in total. The zero-order valence-corrected chi connectivity index (χ0v) is 23.9. The third-order valence-electron chi connectivity index (χ3n) is 6.33. The van der Waals surface area contributed by atoms with E-state index >= 15 is 0 Å². The second kappa shape index (κ2) is 22.1. The van der Waals surface area contributed by atoms with Crippen LogP contribution in [0.4, 0.5) is 0 Å². The lowest BCUT2D eigenvalue weighted by atomic mass is 10.0. The fourth-order valence-corrected chi connectivity index (χ4v) is 4.79. The average Bonchev–Trinajstić information content (AvgIpc) is 2.90. The van der Waals surface area contributed by atoms with E-state index in [-0.39, 0.29) is 29.9 Å². The number of thioether (sulfide) groups is 1. The van der Waals surface area contributed by atoms with Crippen LogP contribution in [0.3, 0.4) is 0 Å². The van der Waals surface area contributed by atoms with Crippen LogP contribution in [0.15, 0.2) is 18.2 Å². The number of carbonyl (C=O) groups excluding carboxylic acids is 2. The number of carbonyl (C=O) groups is 2. The summed E-state index contributed by atoms with van der Waals surface area (Å²) in [6.07, 6.45) is 18.2. The lowest BCUT2D eigenvalue weighted by molar-refractivity contribution is -0.140. The molecule has 1 atom stereocenters. The largest absolute Gasteiger partial charge is 0.504 e. The molecule has 1 rings (SSSR count). The highest BCUT2D eigenvalue weighted by molar-refractivity contribution is 8.00. The minimum atomic E-state index is -0.720. The molecule has 1 amide bonds. The number of unbranched alkanes of at least 4 members (excludes halogenated alkanes) is 13. The van der Waals surface area contributed by atoms with Gasteiger partial charge in [0.1, 0.15) is 0 Å². The molecule has 0 saturated heterocycles. The Labute approximate surface area is 228 Å². The Balaban J connectivity index is 1.94. The first-order chi connectivity index (χ1) is 18.0. The van der Waals surface area contributed by atoms with Crippen LogP contribution in [0, 0.1) is 0 Å². The number of amides is 1. The number of hydrogen-bond acceptors (Lipinski definition) is 7. The smallest absolute Gasteiger partial charge is 0.315 e. The van der Waals surface area contributed by atoms with Crippen molar-refractivity contribution in [2.75, 3.05) is 25.2 Å². The minimum Gasteiger partial charge on any atom is -0.504 e. The highest BCUT2D eigenvalue weighted by Gasteiger charge is 2.15. The van der Waals surface area contributed by atoms with Crippen LogP contribution < -0.4 is 15.8 Å². The zero-order valence-electron chi connectivity index (χ0n) is 23.1. The van der Waals surface area contributed by atoms with E-state index in [2.05, 4.69) is 12.2 Å². The summed E-state index contributed by atoms with van der Waals surface area (Å²) in [6, 6.07) is 4.15. The summed E-state index contributed by atoms with van der Waals surface area (Å²) < 4.78 is 10.4. The van der Waals surface area contributed by atoms with Crippen molar-refractivity contribution in [3.05, 3.63) is 23.8 Å². The van der Waals surface area contributed by atoms with E-state index in [4.69, 9.17) is 15.2 Å². The number of phenolic OH excluding ortho intramolecular Hbond substituents is 1.